The number of aliphatic hydroxyl groups excluding tert-OH is 2. The molecule has 5 bridgehead atoms. The van der Waals surface area contributed by atoms with Crippen molar-refractivity contribution in [3.63, 3.8) is 0 Å². The molecule has 0 aromatic heterocycles. The van der Waals surface area contributed by atoms with Gasteiger partial charge in [0.1, 0.15) is 30.0 Å². The number of aliphatic hydroxyl groups is 2. The molecule has 0 saturated heterocycles. The minimum atomic E-state index is -2.07. The van der Waals surface area contributed by atoms with Crippen molar-refractivity contribution in [2.45, 2.75) is 98.9 Å². The summed E-state index contributed by atoms with van der Waals surface area (Å²) in [5, 5.41) is 63.8. The maximum Gasteiger partial charge on any atom is 0.312 e. The van der Waals surface area contributed by atoms with Gasteiger partial charge in [0, 0.05) is 61.2 Å². The number of allylic oxidation sites excluding steroid dienone is 2. The number of fused-ring (bicyclic) bond motifs is 14. The fourth-order valence-electron chi connectivity index (χ4n) is 7.19. The Balaban J connectivity index is 1.97. The Bertz CT molecular complexity index is 2050. The molecule has 6 N–H and O–H groups in total. The number of anilines is 1. The van der Waals surface area contributed by atoms with E-state index >= 15 is 0 Å². The van der Waals surface area contributed by atoms with Crippen molar-refractivity contribution in [2.24, 2.45) is 28.8 Å². The Morgan fingerprint density at radius 1 is 1.00 bits per heavy atom. The quantitative estimate of drug-likeness (QED) is 0.0467. The minimum Gasteiger partial charge on any atom is -0.507 e. The van der Waals surface area contributed by atoms with Crippen LogP contribution in [0, 0.1) is 30.6 Å². The van der Waals surface area contributed by atoms with Gasteiger partial charge in [-0.25, -0.2) is 0 Å². The number of phenolic OH excluding ortho intramolecular Hbond substituents is 3. The van der Waals surface area contributed by atoms with Crippen molar-refractivity contribution in [1.29, 1.82) is 0 Å². The first-order valence-corrected chi connectivity index (χ1v) is 19.1. The molecule has 0 fully saturated rings. The van der Waals surface area contributed by atoms with Gasteiger partial charge in [-0.2, -0.15) is 0 Å². The van der Waals surface area contributed by atoms with E-state index in [2.05, 4.69) is 17.1 Å². The predicted octanol–water partition coefficient (Wildman–Crippen LogP) is 6.07. The number of esters is 1. The summed E-state index contributed by atoms with van der Waals surface area (Å²) in [6.45, 7) is 18.2. The van der Waals surface area contributed by atoms with Crippen molar-refractivity contribution < 1.29 is 63.7 Å². The first-order valence-electron chi connectivity index (χ1n) is 19.1. The van der Waals surface area contributed by atoms with Gasteiger partial charge in [0.25, 0.3) is 11.7 Å². The molecule has 2 aromatic carbocycles. The topological polar surface area (TPSA) is 223 Å². The lowest BCUT2D eigenvalue weighted by atomic mass is 9.78. The van der Waals surface area contributed by atoms with Gasteiger partial charge >= 0.3 is 11.8 Å². The highest BCUT2D eigenvalue weighted by atomic mass is 16.7. The van der Waals surface area contributed by atoms with Crippen LogP contribution in [-0.2, 0) is 28.6 Å². The summed E-state index contributed by atoms with van der Waals surface area (Å²) in [5.41, 5.74) is 0.0454. The van der Waals surface area contributed by atoms with Crippen molar-refractivity contribution in [3.8, 4) is 23.0 Å². The summed E-state index contributed by atoms with van der Waals surface area (Å²) < 4.78 is 23.5. The van der Waals surface area contributed by atoms with Crippen LogP contribution in [0.25, 0.3) is 10.8 Å². The lowest BCUT2D eigenvalue weighted by Gasteiger charge is -2.38. The van der Waals surface area contributed by atoms with Crippen LogP contribution in [0.1, 0.15) is 83.3 Å². The van der Waals surface area contributed by atoms with Crippen LogP contribution in [0.5, 0.6) is 23.0 Å². The Labute approximate surface area is 338 Å². The van der Waals surface area contributed by atoms with Gasteiger partial charge in [0.05, 0.1) is 53.0 Å². The number of hydrogen-bond donors (Lipinski definition) is 6. The number of methoxy groups -OCH3 is 1. The molecular weight excluding hydrogens is 752 g/mol. The highest BCUT2D eigenvalue weighted by molar-refractivity contribution is 6.23. The normalized spacial score (nSPS) is 30.3. The molecule has 3 aliphatic heterocycles. The number of oxime groups is 1. The molecule has 0 saturated carbocycles. The van der Waals surface area contributed by atoms with Crippen molar-refractivity contribution >= 4 is 40.3 Å². The first kappa shape index (κ1) is 45.3. The molecule has 5 rings (SSSR count). The third-order valence-corrected chi connectivity index (χ3v) is 11.1. The molecule has 3 heterocycles. The van der Waals surface area contributed by atoms with Gasteiger partial charge in [0.2, 0.25) is 0 Å². The summed E-state index contributed by atoms with van der Waals surface area (Å²) in [4.78, 5) is 45.6. The molecule has 0 spiro atoms. The van der Waals surface area contributed by atoms with Crippen molar-refractivity contribution in [3.05, 3.63) is 65.0 Å². The van der Waals surface area contributed by atoms with E-state index < -0.39 is 88.8 Å². The molecule has 15 nitrogen and oxygen atoms in total. The van der Waals surface area contributed by atoms with Crippen molar-refractivity contribution in [1.82, 2.24) is 0 Å². The Morgan fingerprint density at radius 2 is 1.67 bits per heavy atom. The number of ether oxygens (including phenoxy) is 4. The smallest absolute Gasteiger partial charge is 0.312 e. The van der Waals surface area contributed by atoms with E-state index in [0.717, 1.165) is 6.21 Å². The molecular formula is C43H56N2O13. The van der Waals surface area contributed by atoms with Crippen LogP contribution in [0.2, 0.25) is 0 Å². The molecule has 316 valence electrons. The van der Waals surface area contributed by atoms with E-state index in [-0.39, 0.29) is 51.1 Å². The standard InChI is InChI=1S/C43H56N2O13/c1-12-20(2)19-56-44-18-28-33-38(51)31-30(37(28)50)32-40(26(8)36(31)49)58-43(10,41(32)52)55-17-16-29(54-11)23(5)39(57-27(9)46)25(7)35(48)24(6)34(47)21(3)14-13-15-22(4)42(53)45-33/h13-18,21,23-25,29,34-35,39,47-51H,2,12,19H2,1,3-11H3,(H,45,53)/b14-13+,17-16+,22-15-,44-18+/t21-,23+,24+,25+,29-,34-,35+,39+,43-/m0/s1. The zero-order valence-electron chi connectivity index (χ0n) is 34.7. The number of nitrogens with zero attached hydrogens (tertiary/aromatic N) is 1. The largest absolute Gasteiger partial charge is 0.507 e. The number of amides is 1. The molecule has 3 aliphatic rings. The number of carbonyl (C=O) groups is 3. The Kier molecular flexibility index (Phi) is 14.4. The van der Waals surface area contributed by atoms with E-state index in [1.807, 2.05) is 6.92 Å². The van der Waals surface area contributed by atoms with Gasteiger partial charge in [-0.15, -0.1) is 0 Å². The second-order valence-corrected chi connectivity index (χ2v) is 15.2. The molecule has 0 aliphatic carbocycles. The zero-order valence-corrected chi connectivity index (χ0v) is 34.7. The molecule has 58 heavy (non-hydrogen) atoms. The zero-order chi connectivity index (χ0) is 43.4. The van der Waals surface area contributed by atoms with E-state index in [1.165, 1.54) is 53.2 Å². The molecule has 0 radical (unpaired) electrons. The maximum absolute atomic E-state index is 14.3. The predicted molar refractivity (Wildman–Crippen MR) is 217 cm³/mol. The lowest BCUT2D eigenvalue weighted by Crippen LogP contribution is -2.46. The summed E-state index contributed by atoms with van der Waals surface area (Å²) in [7, 11) is 1.42. The molecule has 9 atom stereocenters. The van der Waals surface area contributed by atoms with Gasteiger partial charge < -0.3 is 54.6 Å². The highest BCUT2D eigenvalue weighted by Gasteiger charge is 2.50. The van der Waals surface area contributed by atoms with E-state index in [1.54, 1.807) is 39.8 Å². The molecule has 1 amide bonds. The van der Waals surface area contributed by atoms with Crippen molar-refractivity contribution in [2.75, 3.05) is 19.0 Å². The Hall–Kier alpha value is -5.38. The molecule has 15 heteroatoms. The summed E-state index contributed by atoms with van der Waals surface area (Å²) in [6, 6.07) is 0. The summed E-state index contributed by atoms with van der Waals surface area (Å²) in [6.07, 6.45) is 5.07. The van der Waals surface area contributed by atoms with Gasteiger partial charge in [-0.1, -0.05) is 64.6 Å². The van der Waals surface area contributed by atoms with E-state index in [0.29, 0.717) is 12.0 Å². The summed E-state index contributed by atoms with van der Waals surface area (Å²) in [5.74, 6) is -8.72. The second kappa shape index (κ2) is 18.5. The minimum absolute atomic E-state index is 0.0272. The van der Waals surface area contributed by atoms with Crippen LogP contribution in [0.3, 0.4) is 0 Å². The van der Waals surface area contributed by atoms with Crippen LogP contribution in [0.15, 0.2) is 53.4 Å². The number of nitrogens with one attached hydrogen (secondary N) is 1. The van der Waals surface area contributed by atoms with Crippen LogP contribution in [0.4, 0.5) is 5.69 Å². The van der Waals surface area contributed by atoms with Crippen LogP contribution in [-0.4, -0.2) is 93.3 Å². The summed E-state index contributed by atoms with van der Waals surface area (Å²) >= 11 is 0. The Morgan fingerprint density at radius 3 is 2.29 bits per heavy atom. The number of Topliss-reactive ketones (excluding diaryl/α,β-unsaturated/α-hetero) is 1. The molecule has 2 aromatic rings. The van der Waals surface area contributed by atoms with E-state index in [4.69, 9.17) is 23.8 Å². The number of rotatable bonds is 7. The van der Waals surface area contributed by atoms with Crippen LogP contribution >= 0.6 is 0 Å². The number of benzene rings is 2. The average molecular weight is 809 g/mol. The fraction of sp³-hybridized carbons (Fsp3) is 0.488. The van der Waals surface area contributed by atoms with Crippen LogP contribution < -0.4 is 10.1 Å². The highest BCUT2D eigenvalue weighted by Crippen LogP contribution is 2.55. The number of ketones is 1. The second-order valence-electron chi connectivity index (χ2n) is 15.2. The maximum atomic E-state index is 14.3. The number of carbonyl (C=O) groups excluding carboxylic acids is 3. The lowest BCUT2D eigenvalue weighted by molar-refractivity contribution is -0.160. The first-order chi connectivity index (χ1) is 27.2. The number of hydrogen-bond acceptors (Lipinski definition) is 14. The van der Waals surface area contributed by atoms with Gasteiger partial charge in [0.15, 0.2) is 5.75 Å². The molecule has 0 unspecified atom stereocenters. The monoisotopic (exact) mass is 808 g/mol. The van der Waals surface area contributed by atoms with Gasteiger partial charge in [-0.3, -0.25) is 14.4 Å². The third-order valence-electron chi connectivity index (χ3n) is 11.1. The van der Waals surface area contributed by atoms with E-state index in [9.17, 15) is 39.9 Å². The number of aromatic hydroxyl groups is 3. The SMILES string of the molecule is C=C(CC)CO/N=C/c1c2c(O)c3c(O)c(C)c4c(c3c1O)C(=O)[C@@](C)(O/C=C/[C@H](OC)[C@@H](C)[C@@H](OC(C)=O)[C@H](C)[C@H](O)[C@H](C)[C@@H](O)[C@@H](C)/C=C/C=C(/C)C(=O)N2)O4. The number of phenols is 3. The van der Waals surface area contributed by atoms with Gasteiger partial charge in [-0.05, 0) is 31.9 Å². The fourth-order valence-corrected chi connectivity index (χ4v) is 7.19. The third kappa shape index (κ3) is 9.01. The average Bonchev–Trinajstić information content (AvgIpc) is 3.45.